The Balaban J connectivity index is 1.07. The van der Waals surface area contributed by atoms with Crippen LogP contribution in [0.2, 0.25) is 5.31 Å². The standard InChI is InChI=1S/C50H46B2N2O4/c1-48(2,3)30-24-40-44-41(25-30)57-46-37(51(44)35-20-14-15-21-38(35)55-40)29-50(7)47(53-46)58-43-27-31(49(4,5)6)26-42-45(43)52(50)36-23-22-34(28-39(36)56-42)54(32-16-10-8-11-17-32)33-18-12-9-13-19-33/h8-27,34H,28-29H2,1-7H3. The number of hydrogen-bond acceptors (Lipinski definition) is 6. The monoisotopic (exact) mass is 760 g/mol. The number of nitrogens with zero attached hydrogens (tertiary/aromatic N) is 2. The molecule has 0 bridgehead atoms. The lowest BCUT2D eigenvalue weighted by atomic mass is 9.22. The highest BCUT2D eigenvalue weighted by molar-refractivity contribution is 6.94. The van der Waals surface area contributed by atoms with Gasteiger partial charge in [0.15, 0.2) is 5.90 Å². The number of allylic oxidation sites excluding steroid dienone is 3. The Bertz CT molecular complexity index is 2650. The van der Waals surface area contributed by atoms with Crippen LogP contribution in [0, 0.1) is 0 Å². The van der Waals surface area contributed by atoms with Gasteiger partial charge in [0.05, 0.1) is 6.04 Å². The minimum atomic E-state index is -0.538. The first-order valence-corrected chi connectivity index (χ1v) is 20.7. The summed E-state index contributed by atoms with van der Waals surface area (Å²) in [4.78, 5) is 7.86. The molecule has 5 aromatic rings. The number of rotatable bonds is 3. The van der Waals surface area contributed by atoms with E-state index < -0.39 is 5.31 Å². The molecule has 6 nitrogen and oxygen atoms in total. The van der Waals surface area contributed by atoms with Gasteiger partial charge in [-0.05, 0) is 99.4 Å². The number of benzene rings is 5. The van der Waals surface area contributed by atoms with Crippen molar-refractivity contribution in [1.29, 1.82) is 0 Å². The Morgan fingerprint density at radius 1 is 0.655 bits per heavy atom. The molecule has 286 valence electrons. The topological polar surface area (TPSA) is 52.5 Å². The van der Waals surface area contributed by atoms with E-state index in [1.165, 1.54) is 5.47 Å². The molecule has 5 aromatic carbocycles. The fourth-order valence-corrected chi connectivity index (χ4v) is 10.0. The summed E-state index contributed by atoms with van der Waals surface area (Å²) in [6, 6.07) is 38.7. The summed E-state index contributed by atoms with van der Waals surface area (Å²) in [6.45, 7) is 15.6. The van der Waals surface area contributed by atoms with Gasteiger partial charge < -0.3 is 23.8 Å². The van der Waals surface area contributed by atoms with Crippen LogP contribution in [0.1, 0.15) is 72.4 Å². The molecule has 11 rings (SSSR count). The van der Waals surface area contributed by atoms with E-state index in [1.54, 1.807) is 0 Å². The van der Waals surface area contributed by atoms with Gasteiger partial charge in [-0.1, -0.05) is 115 Å². The Morgan fingerprint density at radius 2 is 1.22 bits per heavy atom. The summed E-state index contributed by atoms with van der Waals surface area (Å²) in [5.41, 5.74) is 10.0. The van der Waals surface area contributed by atoms with Gasteiger partial charge in [0, 0.05) is 34.0 Å². The van der Waals surface area contributed by atoms with Crippen LogP contribution in [0.15, 0.2) is 149 Å². The molecule has 0 aromatic heterocycles. The second kappa shape index (κ2) is 12.3. The minimum absolute atomic E-state index is 0.0372. The maximum absolute atomic E-state index is 7.13. The molecular formula is C50H46B2N2O4. The zero-order valence-electron chi connectivity index (χ0n) is 34.2. The molecule has 58 heavy (non-hydrogen) atoms. The van der Waals surface area contributed by atoms with Crippen molar-refractivity contribution in [3.8, 4) is 28.7 Å². The normalized spacial score (nSPS) is 20.8. The largest absolute Gasteiger partial charge is 0.463 e. The molecule has 8 heteroatoms. The van der Waals surface area contributed by atoms with Gasteiger partial charge in [0.2, 0.25) is 12.6 Å². The Hall–Kier alpha value is -5.88. The molecule has 5 aliphatic heterocycles. The van der Waals surface area contributed by atoms with Crippen LogP contribution in [-0.2, 0) is 10.8 Å². The van der Waals surface area contributed by atoms with Crippen LogP contribution in [0.5, 0.6) is 28.7 Å². The molecule has 2 atom stereocenters. The highest BCUT2D eigenvalue weighted by atomic mass is 16.5. The first-order chi connectivity index (χ1) is 27.8. The summed E-state index contributed by atoms with van der Waals surface area (Å²) in [7, 11) is 0. The van der Waals surface area contributed by atoms with Crippen LogP contribution in [0.3, 0.4) is 0 Å². The summed E-state index contributed by atoms with van der Waals surface area (Å²) in [5, 5.41) is -0.538. The fraction of sp³-hybridized carbons (Fsp3) is 0.260. The summed E-state index contributed by atoms with van der Waals surface area (Å²) in [5.74, 6) is 6.57. The molecule has 0 spiro atoms. The maximum atomic E-state index is 7.13. The molecule has 1 aliphatic carbocycles. The quantitative estimate of drug-likeness (QED) is 0.172. The van der Waals surface area contributed by atoms with E-state index in [0.717, 1.165) is 78.9 Å². The number of fused-ring (bicyclic) bond motifs is 6. The second-order valence-electron chi connectivity index (χ2n) is 19.0. The maximum Gasteiger partial charge on any atom is 0.258 e. The van der Waals surface area contributed by atoms with Crippen molar-refractivity contribution in [2.75, 3.05) is 4.90 Å². The second-order valence-corrected chi connectivity index (χ2v) is 19.0. The smallest absolute Gasteiger partial charge is 0.258 e. The van der Waals surface area contributed by atoms with Crippen molar-refractivity contribution in [2.45, 2.75) is 83.5 Å². The van der Waals surface area contributed by atoms with Crippen molar-refractivity contribution in [3.63, 3.8) is 0 Å². The van der Waals surface area contributed by atoms with E-state index >= 15 is 0 Å². The van der Waals surface area contributed by atoms with E-state index in [1.807, 2.05) is 0 Å². The van der Waals surface area contributed by atoms with Crippen LogP contribution >= 0.6 is 0 Å². The van der Waals surface area contributed by atoms with E-state index in [9.17, 15) is 0 Å². The minimum Gasteiger partial charge on any atom is -0.463 e. The number of hydrogen-bond donors (Lipinski definition) is 0. The summed E-state index contributed by atoms with van der Waals surface area (Å²) >= 11 is 0. The van der Waals surface area contributed by atoms with E-state index in [-0.39, 0.29) is 30.3 Å². The third kappa shape index (κ3) is 5.30. The van der Waals surface area contributed by atoms with Gasteiger partial charge in [0.25, 0.3) is 6.71 Å². The zero-order chi connectivity index (χ0) is 39.7. The first-order valence-electron chi connectivity index (χ1n) is 20.7. The van der Waals surface area contributed by atoms with E-state index in [4.69, 9.17) is 23.9 Å². The van der Waals surface area contributed by atoms with E-state index in [0.29, 0.717) is 24.6 Å². The van der Waals surface area contributed by atoms with Crippen molar-refractivity contribution >= 4 is 47.1 Å². The predicted molar refractivity (Wildman–Crippen MR) is 236 cm³/mol. The van der Waals surface area contributed by atoms with Crippen LogP contribution < -0.4 is 40.2 Å². The molecule has 5 heterocycles. The molecule has 6 aliphatic rings. The van der Waals surface area contributed by atoms with Crippen molar-refractivity contribution in [3.05, 3.63) is 155 Å². The fourth-order valence-electron chi connectivity index (χ4n) is 10.0. The first kappa shape index (κ1) is 35.3. The zero-order valence-corrected chi connectivity index (χ0v) is 34.2. The highest BCUT2D eigenvalue weighted by Crippen LogP contribution is 2.55. The van der Waals surface area contributed by atoms with Gasteiger partial charge in [0.1, 0.15) is 34.5 Å². The number of anilines is 2. The molecule has 2 unspecified atom stereocenters. The summed E-state index contributed by atoms with van der Waals surface area (Å²) in [6.07, 6.45) is 6.10. The Morgan fingerprint density at radius 3 is 1.86 bits per heavy atom. The number of para-hydroxylation sites is 3. The lowest BCUT2D eigenvalue weighted by Gasteiger charge is -2.49. The van der Waals surface area contributed by atoms with Gasteiger partial charge in [-0.25, -0.2) is 0 Å². The third-order valence-electron chi connectivity index (χ3n) is 13.0. The Labute approximate surface area is 342 Å². The average molecular weight is 761 g/mol. The predicted octanol–water partition coefficient (Wildman–Crippen LogP) is 9.85. The molecule has 0 amide bonds. The van der Waals surface area contributed by atoms with Gasteiger partial charge in [-0.15, -0.1) is 0 Å². The summed E-state index contributed by atoms with van der Waals surface area (Å²) < 4.78 is 27.8. The lowest BCUT2D eigenvalue weighted by Crippen LogP contribution is -2.60. The highest BCUT2D eigenvalue weighted by Gasteiger charge is 2.59. The molecule has 0 N–H and O–H groups in total. The van der Waals surface area contributed by atoms with Gasteiger partial charge in [-0.3, -0.25) is 0 Å². The van der Waals surface area contributed by atoms with Crippen molar-refractivity contribution < 1.29 is 18.9 Å². The van der Waals surface area contributed by atoms with Crippen LogP contribution in [-0.4, -0.2) is 25.4 Å². The van der Waals surface area contributed by atoms with Gasteiger partial charge >= 0.3 is 0 Å². The third-order valence-corrected chi connectivity index (χ3v) is 13.0. The SMILES string of the molecule is CC12CC3=C(N=C1Oc1cc(C(C)(C)C)cc4c1B2C1=C(CC(N(c2ccccc2)c2ccccc2)C=C1)O4)Oc1cc(C(C)(C)C)cc2c1B3c1ccccc1O2. The lowest BCUT2D eigenvalue weighted by molar-refractivity contribution is 0.374. The molecule has 0 fully saturated rings. The number of ether oxygens (including phenoxy) is 4. The molecule has 0 saturated heterocycles. The van der Waals surface area contributed by atoms with Crippen LogP contribution in [0.25, 0.3) is 0 Å². The molecule has 0 radical (unpaired) electrons. The van der Waals surface area contributed by atoms with Gasteiger partial charge in [-0.2, -0.15) is 4.99 Å². The van der Waals surface area contributed by atoms with E-state index in [2.05, 4.69) is 175 Å². The van der Waals surface area contributed by atoms with Crippen LogP contribution in [0.4, 0.5) is 11.4 Å². The number of aliphatic imine (C=N–C) groups is 1. The average Bonchev–Trinajstić information content (AvgIpc) is 3.20. The molecule has 0 saturated carbocycles. The van der Waals surface area contributed by atoms with Crippen molar-refractivity contribution in [1.82, 2.24) is 0 Å². The molecular weight excluding hydrogens is 714 g/mol. The Kier molecular flexibility index (Phi) is 7.49. The van der Waals surface area contributed by atoms with Crippen molar-refractivity contribution in [2.24, 2.45) is 4.99 Å².